The van der Waals surface area contributed by atoms with Gasteiger partial charge in [0.25, 0.3) is 0 Å². The van der Waals surface area contributed by atoms with Crippen molar-refractivity contribution in [2.75, 3.05) is 26.9 Å². The average molecular weight is 226 g/mol. The number of nitrogens with zero attached hydrogens (tertiary/aromatic N) is 1. The summed E-state index contributed by atoms with van der Waals surface area (Å²) < 4.78 is 10.9. The first-order chi connectivity index (χ1) is 7.76. The predicted molar refractivity (Wildman–Crippen MR) is 63.6 cm³/mol. The number of nitrogens with two attached hydrogens (primary N) is 1. The molecule has 0 aromatic heterocycles. The van der Waals surface area contributed by atoms with Crippen molar-refractivity contribution in [3.05, 3.63) is 0 Å². The normalized spacial score (nSPS) is 32.4. The summed E-state index contributed by atoms with van der Waals surface area (Å²) in [4.78, 5) is 4.52. The molecule has 1 unspecified atom stereocenters. The number of hydrogen-bond acceptors (Lipinski definition) is 3. The Labute approximate surface area is 97.2 Å². The van der Waals surface area contributed by atoms with Crippen LogP contribution in [0.4, 0.5) is 0 Å². The third-order valence-corrected chi connectivity index (χ3v) is 3.82. The fraction of sp³-hybridized carbons (Fsp3) is 0.917. The summed E-state index contributed by atoms with van der Waals surface area (Å²) >= 11 is 0. The summed E-state index contributed by atoms with van der Waals surface area (Å²) in [5.74, 6) is 1.33. The van der Waals surface area contributed by atoms with Crippen molar-refractivity contribution in [2.24, 2.45) is 16.6 Å². The van der Waals surface area contributed by atoms with Gasteiger partial charge in [-0.15, -0.1) is 0 Å². The lowest BCUT2D eigenvalue weighted by molar-refractivity contribution is -0.00907. The number of hydrogen-bond donors (Lipinski definition) is 1. The summed E-state index contributed by atoms with van der Waals surface area (Å²) in [6.07, 6.45) is 5.90. The maximum absolute atomic E-state index is 6.02. The number of ether oxygens (including phenoxy) is 2. The van der Waals surface area contributed by atoms with E-state index in [1.807, 2.05) is 0 Å². The highest BCUT2D eigenvalue weighted by Crippen LogP contribution is 2.26. The zero-order valence-corrected chi connectivity index (χ0v) is 10.1. The van der Waals surface area contributed by atoms with Gasteiger partial charge >= 0.3 is 0 Å². The summed E-state index contributed by atoms with van der Waals surface area (Å²) in [5.41, 5.74) is 5.81. The molecule has 0 radical (unpaired) electrons. The van der Waals surface area contributed by atoms with E-state index in [4.69, 9.17) is 15.2 Å². The van der Waals surface area contributed by atoms with Crippen LogP contribution in [0.1, 0.15) is 32.1 Å². The van der Waals surface area contributed by atoms with E-state index in [2.05, 4.69) is 4.99 Å². The highest BCUT2D eigenvalue weighted by Gasteiger charge is 2.35. The minimum Gasteiger partial charge on any atom is -0.387 e. The fourth-order valence-electron chi connectivity index (χ4n) is 2.52. The molecule has 0 amide bonds. The molecule has 4 nitrogen and oxygen atoms in total. The second kappa shape index (κ2) is 5.15. The first kappa shape index (κ1) is 11.9. The van der Waals surface area contributed by atoms with Crippen molar-refractivity contribution in [3.8, 4) is 0 Å². The maximum atomic E-state index is 6.02. The molecule has 1 saturated carbocycles. The van der Waals surface area contributed by atoms with Gasteiger partial charge in [0.15, 0.2) is 0 Å². The Morgan fingerprint density at radius 2 is 2.25 bits per heavy atom. The van der Waals surface area contributed by atoms with Gasteiger partial charge in [-0.25, -0.2) is 0 Å². The Hall–Kier alpha value is -0.610. The van der Waals surface area contributed by atoms with E-state index in [9.17, 15) is 0 Å². The van der Waals surface area contributed by atoms with Gasteiger partial charge in [0, 0.05) is 26.1 Å². The van der Waals surface area contributed by atoms with E-state index in [0.717, 1.165) is 18.9 Å². The molecule has 2 N–H and O–H groups in total. The van der Waals surface area contributed by atoms with Gasteiger partial charge in [0.2, 0.25) is 0 Å². The second-order valence-electron chi connectivity index (χ2n) is 4.91. The number of methoxy groups -OCH3 is 1. The van der Waals surface area contributed by atoms with Gasteiger partial charge in [0.1, 0.15) is 5.60 Å². The maximum Gasteiger partial charge on any atom is 0.113 e. The van der Waals surface area contributed by atoms with Gasteiger partial charge in [-0.3, -0.25) is 4.99 Å². The lowest BCUT2D eigenvalue weighted by Gasteiger charge is -2.24. The van der Waals surface area contributed by atoms with Gasteiger partial charge in [-0.2, -0.15) is 0 Å². The van der Waals surface area contributed by atoms with E-state index < -0.39 is 0 Å². The molecule has 1 atom stereocenters. The van der Waals surface area contributed by atoms with E-state index >= 15 is 0 Å². The van der Waals surface area contributed by atoms with Crippen LogP contribution in [-0.4, -0.2) is 38.3 Å². The third kappa shape index (κ3) is 2.55. The lowest BCUT2D eigenvalue weighted by atomic mass is 10.0. The second-order valence-corrected chi connectivity index (χ2v) is 4.91. The van der Waals surface area contributed by atoms with Crippen molar-refractivity contribution in [1.82, 2.24) is 0 Å². The van der Waals surface area contributed by atoms with Gasteiger partial charge in [-0.05, 0) is 12.8 Å². The molecule has 0 bridgehead atoms. The SMILES string of the molecule is COC1(CN=C(N)C2CCCC2)CCOC1. The van der Waals surface area contributed by atoms with Crippen LogP contribution >= 0.6 is 0 Å². The minimum absolute atomic E-state index is 0.219. The monoisotopic (exact) mass is 226 g/mol. The largest absolute Gasteiger partial charge is 0.387 e. The summed E-state index contributed by atoms with van der Waals surface area (Å²) in [6, 6.07) is 0. The van der Waals surface area contributed by atoms with Crippen LogP contribution in [0.25, 0.3) is 0 Å². The van der Waals surface area contributed by atoms with Crippen LogP contribution in [-0.2, 0) is 9.47 Å². The predicted octanol–water partition coefficient (Wildman–Crippen LogP) is 1.34. The molecule has 0 aromatic carbocycles. The Balaban J connectivity index is 1.90. The van der Waals surface area contributed by atoms with Crippen molar-refractivity contribution >= 4 is 5.84 Å². The average Bonchev–Trinajstić information content (AvgIpc) is 2.98. The van der Waals surface area contributed by atoms with Crippen LogP contribution < -0.4 is 5.73 Å². The van der Waals surface area contributed by atoms with Crippen molar-refractivity contribution in [2.45, 2.75) is 37.7 Å². The standard InChI is InChI=1S/C12H22N2O2/c1-15-12(6-7-16-9-12)8-14-11(13)10-4-2-3-5-10/h10H,2-9H2,1H3,(H2,13,14). The van der Waals surface area contributed by atoms with E-state index in [1.54, 1.807) is 7.11 Å². The minimum atomic E-state index is -0.219. The lowest BCUT2D eigenvalue weighted by Crippen LogP contribution is -2.37. The van der Waals surface area contributed by atoms with Crippen molar-refractivity contribution in [3.63, 3.8) is 0 Å². The van der Waals surface area contributed by atoms with Crippen LogP contribution in [0.3, 0.4) is 0 Å². The quantitative estimate of drug-likeness (QED) is 0.581. The van der Waals surface area contributed by atoms with Gasteiger partial charge < -0.3 is 15.2 Å². The highest BCUT2D eigenvalue weighted by molar-refractivity contribution is 5.83. The molecule has 0 aromatic rings. The molecule has 1 heterocycles. The molecule has 1 saturated heterocycles. The molecule has 0 spiro atoms. The highest BCUT2D eigenvalue weighted by atomic mass is 16.5. The number of amidine groups is 1. The van der Waals surface area contributed by atoms with Crippen LogP contribution in [0.2, 0.25) is 0 Å². The van der Waals surface area contributed by atoms with Crippen LogP contribution in [0, 0.1) is 5.92 Å². The molecule has 16 heavy (non-hydrogen) atoms. The van der Waals surface area contributed by atoms with E-state index in [0.29, 0.717) is 19.1 Å². The third-order valence-electron chi connectivity index (χ3n) is 3.82. The number of aliphatic imine (C=N–C) groups is 1. The molecular formula is C12H22N2O2. The smallest absolute Gasteiger partial charge is 0.113 e. The first-order valence-corrected chi connectivity index (χ1v) is 6.18. The van der Waals surface area contributed by atoms with Gasteiger partial charge in [-0.1, -0.05) is 12.8 Å². The Morgan fingerprint density at radius 3 is 2.81 bits per heavy atom. The molecule has 4 heteroatoms. The molecule has 92 valence electrons. The van der Waals surface area contributed by atoms with Crippen LogP contribution in [0.5, 0.6) is 0 Å². The topological polar surface area (TPSA) is 56.8 Å². The van der Waals surface area contributed by atoms with E-state index in [1.165, 1.54) is 25.7 Å². The Morgan fingerprint density at radius 1 is 1.50 bits per heavy atom. The van der Waals surface area contributed by atoms with Crippen molar-refractivity contribution < 1.29 is 9.47 Å². The van der Waals surface area contributed by atoms with Crippen LogP contribution in [0.15, 0.2) is 4.99 Å². The molecule has 2 aliphatic rings. The number of rotatable bonds is 4. The molecular weight excluding hydrogens is 204 g/mol. The summed E-state index contributed by atoms with van der Waals surface area (Å²) in [7, 11) is 1.73. The molecule has 1 aliphatic heterocycles. The summed E-state index contributed by atoms with van der Waals surface area (Å²) in [5, 5.41) is 0. The fourth-order valence-corrected chi connectivity index (χ4v) is 2.52. The zero-order chi connectivity index (χ0) is 11.4. The Kier molecular flexibility index (Phi) is 3.82. The summed E-state index contributed by atoms with van der Waals surface area (Å²) in [6.45, 7) is 2.06. The molecule has 2 rings (SSSR count). The zero-order valence-electron chi connectivity index (χ0n) is 10.1. The van der Waals surface area contributed by atoms with Gasteiger partial charge in [0.05, 0.1) is 19.0 Å². The molecule has 2 fully saturated rings. The first-order valence-electron chi connectivity index (χ1n) is 6.18. The Bertz CT molecular complexity index is 254. The molecule has 1 aliphatic carbocycles. The van der Waals surface area contributed by atoms with E-state index in [-0.39, 0.29) is 5.60 Å². The van der Waals surface area contributed by atoms with Crippen molar-refractivity contribution in [1.29, 1.82) is 0 Å².